The van der Waals surface area contributed by atoms with Gasteiger partial charge in [0.05, 0.1) is 11.8 Å². The first-order valence-corrected chi connectivity index (χ1v) is 7.41. The standard InChI is InChI=1S/C15H23N3O/c1-11-10-15(17-16-12(11)2)18-7-5-13(6-8-18)14-4-3-9-19-14/h10,13-14H,3-9H2,1-2H3. The van der Waals surface area contributed by atoms with Crippen molar-refractivity contribution in [2.75, 3.05) is 24.6 Å². The highest BCUT2D eigenvalue weighted by Gasteiger charge is 2.29. The number of aryl methyl sites for hydroxylation is 2. The van der Waals surface area contributed by atoms with Gasteiger partial charge in [0.1, 0.15) is 0 Å². The lowest BCUT2D eigenvalue weighted by atomic mass is 9.90. The van der Waals surface area contributed by atoms with Crippen molar-refractivity contribution in [3.8, 4) is 0 Å². The van der Waals surface area contributed by atoms with Crippen molar-refractivity contribution < 1.29 is 4.74 Å². The lowest BCUT2D eigenvalue weighted by Crippen LogP contribution is -2.38. The molecule has 19 heavy (non-hydrogen) atoms. The van der Waals surface area contributed by atoms with Crippen LogP contribution in [0.25, 0.3) is 0 Å². The van der Waals surface area contributed by atoms with Gasteiger partial charge in [0, 0.05) is 19.7 Å². The van der Waals surface area contributed by atoms with Crippen molar-refractivity contribution in [1.82, 2.24) is 10.2 Å². The molecular formula is C15H23N3O. The van der Waals surface area contributed by atoms with Gasteiger partial charge in [0.25, 0.3) is 0 Å². The monoisotopic (exact) mass is 261 g/mol. The first-order valence-electron chi connectivity index (χ1n) is 7.41. The topological polar surface area (TPSA) is 38.2 Å². The SMILES string of the molecule is Cc1cc(N2CCC(C3CCCO3)CC2)nnc1C. The van der Waals surface area contributed by atoms with E-state index in [9.17, 15) is 0 Å². The third-order valence-electron chi connectivity index (χ3n) is 4.57. The zero-order chi connectivity index (χ0) is 13.2. The smallest absolute Gasteiger partial charge is 0.151 e. The van der Waals surface area contributed by atoms with Crippen molar-refractivity contribution in [3.63, 3.8) is 0 Å². The van der Waals surface area contributed by atoms with Crippen LogP contribution in [-0.2, 0) is 4.74 Å². The second-order valence-electron chi connectivity index (χ2n) is 5.85. The molecule has 0 spiro atoms. The van der Waals surface area contributed by atoms with E-state index >= 15 is 0 Å². The third-order valence-corrected chi connectivity index (χ3v) is 4.57. The van der Waals surface area contributed by atoms with Gasteiger partial charge in [-0.15, -0.1) is 5.10 Å². The van der Waals surface area contributed by atoms with E-state index in [4.69, 9.17) is 4.74 Å². The van der Waals surface area contributed by atoms with Crippen LogP contribution in [0.4, 0.5) is 5.82 Å². The number of piperidine rings is 1. The predicted molar refractivity (Wildman–Crippen MR) is 75.4 cm³/mol. The number of hydrogen-bond acceptors (Lipinski definition) is 4. The second kappa shape index (κ2) is 5.45. The Hall–Kier alpha value is -1.16. The summed E-state index contributed by atoms with van der Waals surface area (Å²) in [4.78, 5) is 2.37. The van der Waals surface area contributed by atoms with Gasteiger partial charge in [-0.25, -0.2) is 0 Å². The third kappa shape index (κ3) is 2.73. The van der Waals surface area contributed by atoms with Crippen LogP contribution in [-0.4, -0.2) is 36.0 Å². The summed E-state index contributed by atoms with van der Waals surface area (Å²) in [6.45, 7) is 7.25. The van der Waals surface area contributed by atoms with E-state index in [0.717, 1.165) is 37.1 Å². The van der Waals surface area contributed by atoms with Crippen molar-refractivity contribution in [2.24, 2.45) is 5.92 Å². The summed E-state index contributed by atoms with van der Waals surface area (Å²) in [6.07, 6.45) is 5.47. The zero-order valence-corrected chi connectivity index (χ0v) is 11.9. The van der Waals surface area contributed by atoms with Crippen molar-refractivity contribution in [3.05, 3.63) is 17.3 Å². The van der Waals surface area contributed by atoms with Crippen LogP contribution in [0.5, 0.6) is 0 Å². The molecular weight excluding hydrogens is 238 g/mol. The Balaban J connectivity index is 1.61. The normalized spacial score (nSPS) is 24.9. The van der Waals surface area contributed by atoms with Crippen LogP contribution >= 0.6 is 0 Å². The van der Waals surface area contributed by atoms with Gasteiger partial charge in [0.2, 0.25) is 0 Å². The summed E-state index contributed by atoms with van der Waals surface area (Å²) in [6, 6.07) is 2.16. The lowest BCUT2D eigenvalue weighted by Gasteiger charge is -2.35. The Kier molecular flexibility index (Phi) is 3.69. The van der Waals surface area contributed by atoms with Gasteiger partial charge in [-0.05, 0) is 57.1 Å². The van der Waals surface area contributed by atoms with Crippen LogP contribution in [0.15, 0.2) is 6.07 Å². The summed E-state index contributed by atoms with van der Waals surface area (Å²) < 4.78 is 5.82. The van der Waals surface area contributed by atoms with E-state index in [1.807, 2.05) is 6.92 Å². The molecule has 0 bridgehead atoms. The molecule has 2 saturated heterocycles. The minimum absolute atomic E-state index is 0.521. The summed E-state index contributed by atoms with van der Waals surface area (Å²) in [5.41, 5.74) is 2.25. The number of rotatable bonds is 2. The molecule has 0 aromatic carbocycles. The van der Waals surface area contributed by atoms with E-state index in [-0.39, 0.29) is 0 Å². The number of nitrogens with zero attached hydrogens (tertiary/aromatic N) is 3. The van der Waals surface area contributed by atoms with E-state index < -0.39 is 0 Å². The maximum absolute atomic E-state index is 5.82. The maximum atomic E-state index is 5.82. The molecule has 1 atom stereocenters. The first-order chi connectivity index (χ1) is 9.24. The number of anilines is 1. The summed E-state index contributed by atoms with van der Waals surface area (Å²) >= 11 is 0. The quantitative estimate of drug-likeness (QED) is 0.820. The number of hydrogen-bond donors (Lipinski definition) is 0. The molecule has 0 N–H and O–H groups in total. The molecule has 3 rings (SSSR count). The van der Waals surface area contributed by atoms with Crippen molar-refractivity contribution >= 4 is 5.82 Å². The molecule has 0 radical (unpaired) electrons. The fourth-order valence-corrected chi connectivity index (χ4v) is 3.16. The number of aromatic nitrogens is 2. The van der Waals surface area contributed by atoms with E-state index in [0.29, 0.717) is 6.10 Å². The largest absolute Gasteiger partial charge is 0.378 e. The van der Waals surface area contributed by atoms with E-state index in [2.05, 4.69) is 28.1 Å². The Morgan fingerprint density at radius 3 is 2.58 bits per heavy atom. The Morgan fingerprint density at radius 2 is 1.95 bits per heavy atom. The molecule has 2 aliphatic heterocycles. The van der Waals surface area contributed by atoms with Crippen LogP contribution in [0.2, 0.25) is 0 Å². The fraction of sp³-hybridized carbons (Fsp3) is 0.733. The lowest BCUT2D eigenvalue weighted by molar-refractivity contribution is 0.0531. The van der Waals surface area contributed by atoms with Crippen LogP contribution in [0, 0.1) is 19.8 Å². The van der Waals surface area contributed by atoms with Crippen LogP contribution in [0.3, 0.4) is 0 Å². The van der Waals surface area contributed by atoms with Crippen molar-refractivity contribution in [2.45, 2.75) is 45.6 Å². The molecule has 3 heterocycles. The molecule has 4 nitrogen and oxygen atoms in total. The van der Waals surface area contributed by atoms with E-state index in [1.54, 1.807) is 0 Å². The highest BCUT2D eigenvalue weighted by atomic mass is 16.5. The molecule has 0 saturated carbocycles. The van der Waals surface area contributed by atoms with Crippen molar-refractivity contribution in [1.29, 1.82) is 0 Å². The summed E-state index contributed by atoms with van der Waals surface area (Å²) in [5, 5.41) is 8.56. The molecule has 1 aromatic heterocycles. The van der Waals surface area contributed by atoms with Gasteiger partial charge < -0.3 is 9.64 Å². The Bertz CT molecular complexity index is 435. The molecule has 2 fully saturated rings. The van der Waals surface area contributed by atoms with Gasteiger partial charge in [-0.2, -0.15) is 5.10 Å². The first kappa shape index (κ1) is 12.9. The van der Waals surface area contributed by atoms with Gasteiger partial charge >= 0.3 is 0 Å². The van der Waals surface area contributed by atoms with Gasteiger partial charge in [0.15, 0.2) is 5.82 Å². The molecule has 1 unspecified atom stereocenters. The van der Waals surface area contributed by atoms with Gasteiger partial charge in [-0.3, -0.25) is 0 Å². The fourth-order valence-electron chi connectivity index (χ4n) is 3.16. The Morgan fingerprint density at radius 1 is 1.16 bits per heavy atom. The molecule has 4 heteroatoms. The van der Waals surface area contributed by atoms with Gasteiger partial charge in [-0.1, -0.05) is 0 Å². The second-order valence-corrected chi connectivity index (χ2v) is 5.85. The highest BCUT2D eigenvalue weighted by molar-refractivity contribution is 5.41. The summed E-state index contributed by atoms with van der Waals surface area (Å²) in [5.74, 6) is 1.78. The highest BCUT2D eigenvalue weighted by Crippen LogP contribution is 2.30. The van der Waals surface area contributed by atoms with Crippen LogP contribution < -0.4 is 4.90 Å². The van der Waals surface area contributed by atoms with E-state index in [1.165, 1.54) is 31.2 Å². The molecule has 2 aliphatic rings. The minimum atomic E-state index is 0.521. The average molecular weight is 261 g/mol. The van der Waals surface area contributed by atoms with Crippen LogP contribution in [0.1, 0.15) is 36.9 Å². The molecule has 104 valence electrons. The minimum Gasteiger partial charge on any atom is -0.378 e. The maximum Gasteiger partial charge on any atom is 0.151 e. The zero-order valence-electron chi connectivity index (χ0n) is 11.9. The molecule has 0 amide bonds. The Labute approximate surface area is 115 Å². The summed E-state index contributed by atoms with van der Waals surface area (Å²) in [7, 11) is 0. The number of ether oxygens (including phenoxy) is 1. The predicted octanol–water partition coefficient (Wildman–Crippen LogP) is 2.49. The molecule has 1 aromatic rings. The average Bonchev–Trinajstić information content (AvgIpc) is 2.96. The molecule has 0 aliphatic carbocycles.